The number of fused-ring (bicyclic) bond motifs is 33. The zero-order valence-electron chi connectivity index (χ0n) is 86.8. The van der Waals surface area contributed by atoms with Gasteiger partial charge in [0.2, 0.25) is 0 Å². The maximum Gasteiger partial charge on any atom is 0.179 e. The van der Waals surface area contributed by atoms with Gasteiger partial charge < -0.3 is 89.7 Å². The van der Waals surface area contributed by atoms with E-state index in [1.807, 2.05) is 6.08 Å². The number of ether oxygens (including phenoxy) is 6. The van der Waals surface area contributed by atoms with Crippen molar-refractivity contribution in [3.8, 4) is 0 Å². The Labute approximate surface area is 829 Å². The van der Waals surface area contributed by atoms with Crippen molar-refractivity contribution < 1.29 is 104 Å². The van der Waals surface area contributed by atoms with E-state index in [1.165, 1.54) is 61.7 Å². The second-order valence-corrected chi connectivity index (χ2v) is 55.8. The topological polar surface area (TPSA) is 349 Å². The fourth-order valence-electron chi connectivity index (χ4n) is 42.7. The number of hydrogen-bond acceptors (Lipinski definition) is 21. The number of carbonyl (C=O) groups is 3. The molecule has 0 radical (unpaired) electrons. The number of Topliss-reactive ketones (excluding diaryl/α,β-unsaturated/α-hetero) is 2. The summed E-state index contributed by atoms with van der Waals surface area (Å²) >= 11 is 0. The second kappa shape index (κ2) is 35.2. The third-order valence-electron chi connectivity index (χ3n) is 51.5. The van der Waals surface area contributed by atoms with Gasteiger partial charge in [0.05, 0.1) is 73.2 Å². The van der Waals surface area contributed by atoms with Crippen LogP contribution in [0.4, 0.5) is 0 Å². The van der Waals surface area contributed by atoms with E-state index in [2.05, 4.69) is 102 Å². The highest BCUT2D eigenvalue weighted by Gasteiger charge is 2.76. The first-order valence-electron chi connectivity index (χ1n) is 57.1. The molecule has 27 rings (SSSR count). The summed E-state index contributed by atoms with van der Waals surface area (Å²) in [5, 5.41) is 126. The molecule has 0 aromatic carbocycles. The van der Waals surface area contributed by atoms with Gasteiger partial charge in [-0.2, -0.15) is 0 Å². The lowest BCUT2D eigenvalue weighted by molar-refractivity contribution is -0.438. The molecule has 0 aromatic heterocycles. The Morgan fingerprint density at radius 1 is 0.273 bits per heavy atom. The maximum atomic E-state index is 13.1. The smallest absolute Gasteiger partial charge is 0.179 e. The highest BCUT2D eigenvalue weighted by atomic mass is 16.9. The molecule has 3 heterocycles. The second-order valence-electron chi connectivity index (χ2n) is 55.8. The third kappa shape index (κ3) is 14.6. The van der Waals surface area contributed by atoms with Crippen LogP contribution in [0.25, 0.3) is 0 Å². The number of ketones is 3. The van der Waals surface area contributed by atoms with E-state index in [9.17, 15) is 75.7 Å². The first-order valence-corrected chi connectivity index (χ1v) is 57.1. The van der Waals surface area contributed by atoms with Crippen molar-refractivity contribution in [3.05, 3.63) is 47.1 Å². The average molecular weight is 1930 g/mol. The Balaban J connectivity index is 0.0000000962. The molecule has 3 saturated heterocycles. The SMILES string of the molecule is C=C1CC[C@H]2[C@@H]3[C@@H](O)[C@H](O)[C@H]4C[C@@H](O)CC[C@]4(C)[C@H]3CC[C@]12C.C[C@]12CC[C@H](O)CC1=CC(=O)[C@@H]1[C@@H]2CC[C@@]2(C)[C@H]1CCC21OCO1.C[C@]12CC[C@H](O)CC1=CC[C@@H]1[C@@H]2CC[C@@]2(C)[C@H]1CCC21OCO1.C[C@]12CC[C@H](O)CC1=CC[C@@H]1[C@@H]2CC[C@]2(C)C(=O)CC[C@@H]12.C[C@]12CC[C@H](O)C[C@@H]1[C@@H](O)[C@H](O)[C@@H]1[C@@H]2CC[C@@]2(C)[C@H]1CCC21OCO1.C[C@]12CC[C@H](O)C[C@@H]1[C@@H](O)[C@H](O)[C@@H]1[C@@H]2CC[C@]2(C)C(=O)CC[C@@H]12. The number of carbonyl (C=O) groups excluding carboxylic acids is 3. The van der Waals surface area contributed by atoms with Gasteiger partial charge in [-0.1, -0.05) is 124 Å². The molecule has 778 valence electrons. The predicted molar refractivity (Wildman–Crippen MR) is 524 cm³/mol. The Hall–Kier alpha value is -2.75. The van der Waals surface area contributed by atoms with Crippen molar-refractivity contribution in [2.45, 2.75) is 456 Å². The van der Waals surface area contributed by atoms with Crippen LogP contribution in [0.1, 0.15) is 366 Å². The summed E-state index contributed by atoms with van der Waals surface area (Å²) in [5.41, 5.74) is 6.39. The van der Waals surface area contributed by atoms with Crippen molar-refractivity contribution in [1.82, 2.24) is 0 Å². The molecule has 3 aliphatic heterocycles. The van der Waals surface area contributed by atoms with E-state index >= 15 is 0 Å². The lowest BCUT2D eigenvalue weighted by Crippen LogP contribution is -2.66. The highest BCUT2D eigenvalue weighted by molar-refractivity contribution is 5.94. The third-order valence-corrected chi connectivity index (χ3v) is 51.5. The van der Waals surface area contributed by atoms with Crippen LogP contribution in [0.3, 0.4) is 0 Å². The van der Waals surface area contributed by atoms with E-state index < -0.39 is 48.2 Å². The van der Waals surface area contributed by atoms with E-state index in [-0.39, 0.29) is 144 Å². The molecule has 139 heavy (non-hydrogen) atoms. The molecule has 24 fully saturated rings. The van der Waals surface area contributed by atoms with Crippen LogP contribution in [0, 0.1) is 189 Å². The van der Waals surface area contributed by atoms with E-state index in [0.29, 0.717) is 134 Å². The Morgan fingerprint density at radius 2 is 0.576 bits per heavy atom. The van der Waals surface area contributed by atoms with Crippen LogP contribution in [0.2, 0.25) is 0 Å². The fourth-order valence-corrected chi connectivity index (χ4v) is 42.7. The molecule has 0 aromatic rings. The molecular weight excluding hydrogens is 1750 g/mol. The van der Waals surface area contributed by atoms with Gasteiger partial charge in [-0.05, 0) is 413 Å². The van der Waals surface area contributed by atoms with Crippen LogP contribution < -0.4 is 0 Å². The fraction of sp³-hybridized carbons (Fsp3) is 0.907. The number of aliphatic hydroxyl groups is 12. The summed E-state index contributed by atoms with van der Waals surface area (Å²) in [6.07, 6.45) is 44.4. The molecule has 27 aliphatic rings. The van der Waals surface area contributed by atoms with Crippen molar-refractivity contribution in [1.29, 1.82) is 0 Å². The van der Waals surface area contributed by atoms with E-state index in [1.54, 1.807) is 5.57 Å². The lowest BCUT2D eigenvalue weighted by atomic mass is 9.43. The zero-order valence-corrected chi connectivity index (χ0v) is 86.8. The summed E-state index contributed by atoms with van der Waals surface area (Å²) in [6.45, 7) is 33.5. The Morgan fingerprint density at radius 3 is 1.01 bits per heavy atom. The number of aliphatic hydroxyl groups excluding tert-OH is 12. The molecule has 0 amide bonds. The van der Waals surface area contributed by atoms with E-state index in [4.69, 9.17) is 28.4 Å². The number of rotatable bonds is 0. The van der Waals surface area contributed by atoms with Crippen LogP contribution in [0.5, 0.6) is 0 Å². The molecule has 0 bridgehead atoms. The van der Waals surface area contributed by atoms with Crippen LogP contribution in [0.15, 0.2) is 47.1 Å². The molecule has 3 spiro atoms. The molecular formula is C118H180O21. The Bertz CT molecular complexity index is 4690. The van der Waals surface area contributed by atoms with Gasteiger partial charge in [-0.15, -0.1) is 0 Å². The minimum Gasteiger partial charge on any atom is -0.393 e. The van der Waals surface area contributed by atoms with Crippen molar-refractivity contribution in [2.24, 2.45) is 189 Å². The van der Waals surface area contributed by atoms with Gasteiger partial charge in [-0.3, -0.25) is 14.4 Å². The number of allylic oxidation sites excluding steroid dienone is 4. The molecule has 24 aliphatic carbocycles. The summed E-state index contributed by atoms with van der Waals surface area (Å²) in [7, 11) is 0. The van der Waals surface area contributed by atoms with Crippen LogP contribution >= 0.6 is 0 Å². The largest absolute Gasteiger partial charge is 0.393 e. The van der Waals surface area contributed by atoms with Gasteiger partial charge in [0.15, 0.2) is 43.5 Å². The van der Waals surface area contributed by atoms with Gasteiger partial charge in [-0.25, -0.2) is 0 Å². The highest BCUT2D eigenvalue weighted by Crippen LogP contribution is 2.77. The van der Waals surface area contributed by atoms with Gasteiger partial charge in [0.25, 0.3) is 0 Å². The van der Waals surface area contributed by atoms with Crippen molar-refractivity contribution >= 4 is 17.3 Å². The summed E-state index contributed by atoms with van der Waals surface area (Å²) in [5.74, 6) is 7.96. The maximum absolute atomic E-state index is 13.1. The molecule has 21 saturated carbocycles. The van der Waals surface area contributed by atoms with Crippen molar-refractivity contribution in [2.75, 3.05) is 20.4 Å². The molecule has 0 unspecified atom stereocenters. The molecule has 21 nitrogen and oxygen atoms in total. The minimum atomic E-state index is -0.769. The van der Waals surface area contributed by atoms with Crippen molar-refractivity contribution in [3.63, 3.8) is 0 Å². The predicted octanol–water partition coefficient (Wildman–Crippen LogP) is 17.9. The van der Waals surface area contributed by atoms with Crippen LogP contribution in [-0.2, 0) is 42.8 Å². The molecule has 45 atom stereocenters. The van der Waals surface area contributed by atoms with Gasteiger partial charge >= 0.3 is 0 Å². The summed E-state index contributed by atoms with van der Waals surface area (Å²) in [6, 6.07) is 0. The number of hydrogen-bond donors (Lipinski definition) is 12. The first kappa shape index (κ1) is 101. The standard InChI is InChI=1S/C20H32O5.C20H28O4.C20H30O3.C20H32O3.C19H30O4.C19H28O2/c1-18-6-3-11(21)9-14(18)16(22)17(23)15-12(18)4-7-19(2)13(15)5-8-20(19)24-10-25-20;1-18-6-3-13(21)9-12(18)10-16(22)17-14(18)4-7-19(2)15(17)5-8-20(19)23-11-24-20;1-18-8-5-14(21)11-13(18)3-4-15-16(18)6-9-19(2)17(15)7-10-20(19)22-12-23-20;1-11-4-5-13-16-14(7-9-19(11,13)2)20(3)8-6-12(21)10-15(20)17(22)18(16)23;1-18-7-5-10(20)9-13(18)16(22)17(23)15-11-3-4-14(21)19(11,2)8-6-12(15)18;1-18-9-7-13(20)11-12(18)3-4-14-15-5-6-17(21)19(15,2)10-8-16(14)18/h11-17,21-23H,3-10H2,1-2H3;10,13-15,17,21H,3-9,11H2,1-2H3;3,14-17,21H,4-12H2,1-2H3;12-18,21-23H,1,4-10H2,2-3H3;10-13,15-17,20,22-23H,3-9H2,1-2H3;3,13-16,20H,4-11H2,1-2H3/t11-,12-,13-,14+,15+,16+,17+,18+,19-;13-,14-,15-,17+,18-,19-;14-,15+,16-,17-,18-,19-;12-,13-,14-,15+,16-,17+,18+,19+,20+;10-,11-,12-,13+,15-,16+,17+,18+,19-;13-,14-,15-,16-,18-,19-/m000000/s1. The molecule has 21 heteroatoms. The normalized spacial score (nSPS) is 56.2. The van der Waals surface area contributed by atoms with Gasteiger partial charge in [0, 0.05) is 65.1 Å². The first-order chi connectivity index (χ1) is 65.7. The lowest BCUT2D eigenvalue weighted by Gasteiger charge is -2.64. The quantitative estimate of drug-likeness (QED) is 0.100. The molecule has 12 N–H and O–H groups in total. The van der Waals surface area contributed by atoms with E-state index in [0.717, 1.165) is 229 Å². The average Bonchev–Trinajstić information content (AvgIpc) is 1.70. The minimum absolute atomic E-state index is 0.00317. The zero-order chi connectivity index (χ0) is 98.2. The monoisotopic (exact) mass is 1930 g/mol. The Kier molecular flexibility index (Phi) is 25.5. The van der Waals surface area contributed by atoms with Crippen LogP contribution in [-0.4, -0.2) is 190 Å². The van der Waals surface area contributed by atoms with Gasteiger partial charge in [0.1, 0.15) is 11.6 Å². The summed E-state index contributed by atoms with van der Waals surface area (Å²) < 4.78 is 35.8. The summed E-state index contributed by atoms with van der Waals surface area (Å²) in [4.78, 5) is 37.9.